The molecule has 0 bridgehead atoms. The summed E-state index contributed by atoms with van der Waals surface area (Å²) in [4.78, 5) is 11.7. The highest BCUT2D eigenvalue weighted by Crippen LogP contribution is 2.13. The van der Waals surface area contributed by atoms with Crippen molar-refractivity contribution in [2.75, 3.05) is 45.9 Å². The molecular formula is C19H37IN6O2. The summed E-state index contributed by atoms with van der Waals surface area (Å²) >= 11 is 0. The Morgan fingerprint density at radius 3 is 2.46 bits per heavy atom. The molecule has 1 unspecified atom stereocenters. The molecule has 0 aromatic carbocycles. The van der Waals surface area contributed by atoms with E-state index in [1.165, 1.54) is 0 Å². The Morgan fingerprint density at radius 1 is 1.18 bits per heavy atom. The summed E-state index contributed by atoms with van der Waals surface area (Å²) in [6, 6.07) is 0.425. The number of aromatic nitrogens is 2. The van der Waals surface area contributed by atoms with E-state index in [9.17, 15) is 0 Å². The maximum absolute atomic E-state index is 5.48. The van der Waals surface area contributed by atoms with Crippen molar-refractivity contribution < 1.29 is 9.26 Å². The Hall–Kier alpha value is -0.940. The van der Waals surface area contributed by atoms with Crippen LogP contribution in [0.25, 0.3) is 0 Å². The van der Waals surface area contributed by atoms with Crippen LogP contribution in [0.5, 0.6) is 0 Å². The Morgan fingerprint density at radius 2 is 1.89 bits per heavy atom. The van der Waals surface area contributed by atoms with Crippen molar-refractivity contribution in [3.8, 4) is 0 Å². The molecule has 0 amide bonds. The van der Waals surface area contributed by atoms with E-state index in [1.54, 1.807) is 0 Å². The Kier molecular flexibility index (Phi) is 11.9. The minimum absolute atomic E-state index is 0. The first-order valence-electron chi connectivity index (χ1n) is 10.2. The van der Waals surface area contributed by atoms with E-state index in [0.717, 1.165) is 51.2 Å². The van der Waals surface area contributed by atoms with Crippen LogP contribution in [-0.4, -0.2) is 73.0 Å². The molecule has 0 spiro atoms. The number of rotatable bonds is 9. The number of hydrogen-bond acceptors (Lipinski definition) is 6. The van der Waals surface area contributed by atoms with Crippen LogP contribution in [0.2, 0.25) is 0 Å². The molecule has 2 N–H and O–H groups in total. The molecule has 0 radical (unpaired) electrons. The minimum Gasteiger partial charge on any atom is -0.379 e. The van der Waals surface area contributed by atoms with Gasteiger partial charge in [-0.3, -0.25) is 9.89 Å². The summed E-state index contributed by atoms with van der Waals surface area (Å²) in [6.45, 7) is 16.6. The van der Waals surface area contributed by atoms with Crippen LogP contribution in [-0.2, 0) is 11.2 Å². The predicted octanol–water partition coefficient (Wildman–Crippen LogP) is 2.27. The summed E-state index contributed by atoms with van der Waals surface area (Å²) in [5.41, 5.74) is 0. The summed E-state index contributed by atoms with van der Waals surface area (Å²) in [5, 5.41) is 10.7. The van der Waals surface area contributed by atoms with E-state index in [1.807, 2.05) is 0 Å². The zero-order chi connectivity index (χ0) is 19.6. The number of morpholine rings is 1. The predicted molar refractivity (Wildman–Crippen MR) is 123 cm³/mol. The lowest BCUT2D eigenvalue weighted by molar-refractivity contribution is 0.00867. The molecule has 9 heteroatoms. The van der Waals surface area contributed by atoms with Crippen LogP contribution in [0.1, 0.15) is 52.3 Å². The molecule has 1 aliphatic heterocycles. The fourth-order valence-corrected chi connectivity index (χ4v) is 3.08. The summed E-state index contributed by atoms with van der Waals surface area (Å²) in [5.74, 6) is 3.08. The highest BCUT2D eigenvalue weighted by Gasteiger charge is 2.23. The third-order valence-corrected chi connectivity index (χ3v) is 4.70. The van der Waals surface area contributed by atoms with E-state index in [4.69, 9.17) is 14.3 Å². The third-order valence-electron chi connectivity index (χ3n) is 4.70. The van der Waals surface area contributed by atoms with Crippen molar-refractivity contribution in [3.63, 3.8) is 0 Å². The van der Waals surface area contributed by atoms with Crippen molar-refractivity contribution in [1.29, 1.82) is 0 Å². The normalized spacial score (nSPS) is 16.9. The second kappa shape index (κ2) is 13.3. The molecule has 0 aliphatic carbocycles. The maximum Gasteiger partial charge on any atom is 0.228 e. The third kappa shape index (κ3) is 8.20. The Bertz CT molecular complexity index is 573. The maximum atomic E-state index is 5.48. The highest BCUT2D eigenvalue weighted by molar-refractivity contribution is 14.0. The van der Waals surface area contributed by atoms with Crippen molar-refractivity contribution in [2.24, 2.45) is 10.9 Å². The fraction of sp³-hybridized carbons (Fsp3) is 0.842. The number of ether oxygens (including phenoxy) is 1. The van der Waals surface area contributed by atoms with E-state index >= 15 is 0 Å². The Balaban J connectivity index is 0.00000392. The van der Waals surface area contributed by atoms with Gasteiger partial charge in [0.1, 0.15) is 0 Å². The average Bonchev–Trinajstić information content (AvgIpc) is 3.12. The average molecular weight is 508 g/mol. The number of guanidine groups is 1. The van der Waals surface area contributed by atoms with Gasteiger partial charge >= 0.3 is 0 Å². The van der Waals surface area contributed by atoms with Crippen molar-refractivity contribution in [2.45, 2.75) is 53.0 Å². The summed E-state index contributed by atoms with van der Waals surface area (Å²) in [7, 11) is 0. The summed E-state index contributed by atoms with van der Waals surface area (Å²) < 4.78 is 10.8. The quantitative estimate of drug-likeness (QED) is 0.301. The van der Waals surface area contributed by atoms with Gasteiger partial charge in [-0.05, 0) is 12.8 Å². The molecule has 1 aliphatic rings. The van der Waals surface area contributed by atoms with Gasteiger partial charge in [0.05, 0.1) is 19.8 Å². The SMILES string of the molecule is CCNC(=NCC(C(C)C)N1CCOCC1)NCCc1nc(C(C)C)no1.I. The minimum atomic E-state index is 0. The first kappa shape index (κ1) is 25.1. The molecule has 1 aromatic rings. The smallest absolute Gasteiger partial charge is 0.228 e. The molecule has 0 saturated carbocycles. The van der Waals surface area contributed by atoms with E-state index in [0.29, 0.717) is 30.8 Å². The molecule has 162 valence electrons. The molecule has 2 heterocycles. The van der Waals surface area contributed by atoms with Crippen LogP contribution in [0.15, 0.2) is 9.52 Å². The number of nitrogens with zero attached hydrogens (tertiary/aromatic N) is 4. The molecule has 1 saturated heterocycles. The number of nitrogens with one attached hydrogen (secondary N) is 2. The van der Waals surface area contributed by atoms with Gasteiger partial charge in [-0.15, -0.1) is 24.0 Å². The molecule has 1 aromatic heterocycles. The van der Waals surface area contributed by atoms with E-state index < -0.39 is 0 Å². The topological polar surface area (TPSA) is 87.8 Å². The van der Waals surface area contributed by atoms with Gasteiger partial charge in [0, 0.05) is 44.6 Å². The van der Waals surface area contributed by atoms with Crippen LogP contribution in [0, 0.1) is 5.92 Å². The molecule has 8 nitrogen and oxygen atoms in total. The second-order valence-corrected chi connectivity index (χ2v) is 7.56. The molecule has 1 fully saturated rings. The van der Waals surface area contributed by atoms with Crippen LogP contribution >= 0.6 is 24.0 Å². The van der Waals surface area contributed by atoms with Gasteiger partial charge in [0.25, 0.3) is 0 Å². The van der Waals surface area contributed by atoms with Crippen molar-refractivity contribution in [3.05, 3.63) is 11.7 Å². The zero-order valence-corrected chi connectivity index (χ0v) is 20.2. The largest absolute Gasteiger partial charge is 0.379 e. The van der Waals surface area contributed by atoms with Gasteiger partial charge in [0.15, 0.2) is 11.8 Å². The van der Waals surface area contributed by atoms with Gasteiger partial charge < -0.3 is 19.9 Å². The van der Waals surface area contributed by atoms with Gasteiger partial charge in [-0.1, -0.05) is 32.9 Å². The highest BCUT2D eigenvalue weighted by atomic mass is 127. The van der Waals surface area contributed by atoms with Gasteiger partial charge in [-0.25, -0.2) is 0 Å². The number of hydrogen-bond donors (Lipinski definition) is 2. The standard InChI is InChI=1S/C19H36N6O2.HI/c1-6-20-19(21-8-7-17-23-18(15(4)5)24-27-17)22-13-16(14(2)3)25-9-11-26-12-10-25;/h14-16H,6-13H2,1-5H3,(H2,20,21,22);1H. The van der Waals surface area contributed by atoms with Gasteiger partial charge in [0.2, 0.25) is 5.89 Å². The number of halogens is 1. The second-order valence-electron chi connectivity index (χ2n) is 7.56. The van der Waals surface area contributed by atoms with Crippen molar-refractivity contribution >= 4 is 29.9 Å². The first-order chi connectivity index (χ1) is 13.0. The van der Waals surface area contributed by atoms with Crippen molar-refractivity contribution in [1.82, 2.24) is 25.7 Å². The van der Waals surface area contributed by atoms with Crippen LogP contribution < -0.4 is 10.6 Å². The first-order valence-corrected chi connectivity index (χ1v) is 10.2. The lowest BCUT2D eigenvalue weighted by atomic mass is 10.0. The monoisotopic (exact) mass is 508 g/mol. The lowest BCUT2D eigenvalue weighted by Crippen LogP contribution is -2.48. The molecule has 28 heavy (non-hydrogen) atoms. The Labute approximate surface area is 186 Å². The van der Waals surface area contributed by atoms with E-state index in [2.05, 4.69) is 60.3 Å². The van der Waals surface area contributed by atoms with Gasteiger partial charge in [-0.2, -0.15) is 4.98 Å². The lowest BCUT2D eigenvalue weighted by Gasteiger charge is -2.36. The summed E-state index contributed by atoms with van der Waals surface area (Å²) in [6.07, 6.45) is 0.682. The number of aliphatic imine (C=N–C) groups is 1. The van der Waals surface area contributed by atoms with Crippen LogP contribution in [0.4, 0.5) is 0 Å². The fourth-order valence-electron chi connectivity index (χ4n) is 3.08. The zero-order valence-electron chi connectivity index (χ0n) is 17.9. The van der Waals surface area contributed by atoms with E-state index in [-0.39, 0.29) is 29.9 Å². The molecule has 2 rings (SSSR count). The molecular weight excluding hydrogens is 471 g/mol. The van der Waals surface area contributed by atoms with Crippen LogP contribution in [0.3, 0.4) is 0 Å². The molecule has 1 atom stereocenters.